The van der Waals surface area contributed by atoms with Gasteiger partial charge in [0.25, 0.3) is 0 Å². The highest BCUT2D eigenvalue weighted by Crippen LogP contribution is 2.48. The molecule has 4 aliphatic rings. The summed E-state index contributed by atoms with van der Waals surface area (Å²) in [4.78, 5) is 6.49. The van der Waals surface area contributed by atoms with Gasteiger partial charge < -0.3 is 14.5 Å². The Hall–Kier alpha value is -1.62. The number of piperidine rings is 1. The fraction of sp³-hybridized carbons (Fsp3) is 0.565. The van der Waals surface area contributed by atoms with Gasteiger partial charge in [-0.1, -0.05) is 30.4 Å². The van der Waals surface area contributed by atoms with E-state index >= 15 is 0 Å². The van der Waals surface area contributed by atoms with Crippen molar-refractivity contribution in [1.82, 2.24) is 9.88 Å². The van der Waals surface area contributed by atoms with Crippen LogP contribution in [0.3, 0.4) is 0 Å². The minimum atomic E-state index is -0.412. The average Bonchev–Trinajstić information content (AvgIpc) is 3.30. The molecular formula is C23H28N2O2. The third kappa shape index (κ3) is 2.47. The van der Waals surface area contributed by atoms with Gasteiger partial charge >= 0.3 is 0 Å². The van der Waals surface area contributed by atoms with Gasteiger partial charge in [0.05, 0.1) is 19.3 Å². The van der Waals surface area contributed by atoms with Gasteiger partial charge in [-0.15, -0.1) is 0 Å². The number of allylic oxidation sites excluding steroid dienone is 1. The number of aromatic amines is 1. The van der Waals surface area contributed by atoms with E-state index in [2.05, 4.69) is 53.2 Å². The van der Waals surface area contributed by atoms with Gasteiger partial charge in [-0.2, -0.15) is 0 Å². The molecule has 4 atom stereocenters. The van der Waals surface area contributed by atoms with E-state index in [1.54, 1.807) is 5.56 Å². The Morgan fingerprint density at radius 3 is 2.85 bits per heavy atom. The fourth-order valence-electron chi connectivity index (χ4n) is 6.04. The number of nitrogens with one attached hydrogen (secondary N) is 1. The molecule has 0 saturated carbocycles. The molecule has 2 aromatic rings. The maximum absolute atomic E-state index is 5.95. The lowest BCUT2D eigenvalue weighted by Gasteiger charge is -2.48. The van der Waals surface area contributed by atoms with Crippen LogP contribution in [0, 0.1) is 17.8 Å². The summed E-state index contributed by atoms with van der Waals surface area (Å²) < 4.78 is 11.9. The monoisotopic (exact) mass is 364 g/mol. The zero-order chi connectivity index (χ0) is 18.0. The highest BCUT2D eigenvalue weighted by molar-refractivity contribution is 5.85. The summed E-state index contributed by atoms with van der Waals surface area (Å²) in [5, 5.41) is 1.43. The van der Waals surface area contributed by atoms with E-state index in [4.69, 9.17) is 9.47 Å². The number of nitrogens with zero attached hydrogens (tertiary/aromatic N) is 1. The van der Waals surface area contributed by atoms with Gasteiger partial charge in [0, 0.05) is 35.6 Å². The Bertz CT molecular complexity index is 895. The molecule has 4 nitrogen and oxygen atoms in total. The molecule has 142 valence electrons. The van der Waals surface area contributed by atoms with Crippen molar-refractivity contribution in [2.45, 2.75) is 38.0 Å². The molecule has 1 N–H and O–H groups in total. The summed E-state index contributed by atoms with van der Waals surface area (Å²) in [5.41, 5.74) is 4.34. The molecule has 0 spiro atoms. The Morgan fingerprint density at radius 2 is 1.96 bits per heavy atom. The first-order chi connectivity index (χ1) is 13.2. The average molecular weight is 364 g/mol. The van der Waals surface area contributed by atoms with Crippen molar-refractivity contribution in [3.8, 4) is 0 Å². The lowest BCUT2D eigenvalue weighted by atomic mass is 9.70. The molecule has 4 heteroatoms. The van der Waals surface area contributed by atoms with Gasteiger partial charge in [0.1, 0.15) is 0 Å². The van der Waals surface area contributed by atoms with E-state index in [9.17, 15) is 0 Å². The summed E-state index contributed by atoms with van der Waals surface area (Å²) >= 11 is 0. The van der Waals surface area contributed by atoms with E-state index < -0.39 is 5.79 Å². The van der Waals surface area contributed by atoms with Crippen LogP contribution in [0.4, 0.5) is 0 Å². The quantitative estimate of drug-likeness (QED) is 0.776. The Kier molecular flexibility index (Phi) is 3.59. The number of H-pyrrole nitrogens is 1. The van der Waals surface area contributed by atoms with Crippen LogP contribution in [0.25, 0.3) is 10.9 Å². The SMILES string of the molecule is CC1([C@@H]2C=C[C@H]3C[C@@H]4c5[nH]c6ccccc6c5CCN4C[C@H]3C2)OCCO1. The van der Waals surface area contributed by atoms with Crippen LogP contribution in [-0.4, -0.2) is 42.0 Å². The van der Waals surface area contributed by atoms with E-state index in [1.807, 2.05) is 0 Å². The molecule has 2 saturated heterocycles. The molecular weight excluding hydrogens is 336 g/mol. The first-order valence-electron chi connectivity index (χ1n) is 10.5. The third-order valence-electron chi connectivity index (χ3n) is 7.52. The lowest BCUT2D eigenvalue weighted by molar-refractivity contribution is -0.177. The predicted molar refractivity (Wildman–Crippen MR) is 105 cm³/mol. The van der Waals surface area contributed by atoms with Gasteiger partial charge in [-0.05, 0) is 49.7 Å². The lowest BCUT2D eigenvalue weighted by Crippen LogP contribution is -2.48. The summed E-state index contributed by atoms with van der Waals surface area (Å²) in [7, 11) is 0. The van der Waals surface area contributed by atoms with Crippen molar-refractivity contribution in [3.63, 3.8) is 0 Å². The number of hydrogen-bond acceptors (Lipinski definition) is 3. The van der Waals surface area contributed by atoms with Crippen LogP contribution < -0.4 is 0 Å². The van der Waals surface area contributed by atoms with Crippen LogP contribution in [0.5, 0.6) is 0 Å². The van der Waals surface area contributed by atoms with E-state index in [0.717, 1.165) is 19.6 Å². The van der Waals surface area contributed by atoms with Gasteiger partial charge in [-0.25, -0.2) is 0 Å². The maximum atomic E-state index is 5.95. The normalized spacial score (nSPS) is 35.0. The molecule has 2 fully saturated rings. The first-order valence-corrected chi connectivity index (χ1v) is 10.5. The number of hydrogen-bond donors (Lipinski definition) is 1. The van der Waals surface area contributed by atoms with Gasteiger partial charge in [0.15, 0.2) is 5.79 Å². The number of ether oxygens (including phenoxy) is 2. The second kappa shape index (κ2) is 5.94. The Morgan fingerprint density at radius 1 is 1.11 bits per heavy atom. The molecule has 1 aromatic carbocycles. The molecule has 0 radical (unpaired) electrons. The van der Waals surface area contributed by atoms with Gasteiger partial charge in [-0.3, -0.25) is 4.90 Å². The Labute approximate surface area is 160 Å². The summed E-state index contributed by atoms with van der Waals surface area (Å²) in [5.74, 6) is 1.35. The molecule has 1 aromatic heterocycles. The standard InChI is InChI=1S/C23H28N2O2/c1-23(26-10-11-27-23)17-7-6-15-13-21-22-19(8-9-25(21)14-16(15)12-17)18-4-2-3-5-20(18)24-22/h2-7,15-17,21,24H,8-14H2,1H3/t15-,16+,17+,21+/m0/s1. The highest BCUT2D eigenvalue weighted by atomic mass is 16.7. The molecule has 0 bridgehead atoms. The number of fused-ring (bicyclic) bond motifs is 6. The molecule has 0 amide bonds. The van der Waals surface area contributed by atoms with Crippen LogP contribution >= 0.6 is 0 Å². The minimum Gasteiger partial charge on any atom is -0.357 e. The van der Waals surface area contributed by atoms with Crippen molar-refractivity contribution >= 4 is 10.9 Å². The first kappa shape index (κ1) is 16.3. The fourth-order valence-corrected chi connectivity index (χ4v) is 6.04. The number of rotatable bonds is 1. The highest BCUT2D eigenvalue weighted by Gasteiger charge is 2.46. The number of para-hydroxylation sites is 1. The second-order valence-corrected chi connectivity index (χ2v) is 8.92. The maximum Gasteiger partial charge on any atom is 0.171 e. The van der Waals surface area contributed by atoms with Crippen molar-refractivity contribution in [2.24, 2.45) is 17.8 Å². The molecule has 3 aliphatic heterocycles. The zero-order valence-corrected chi connectivity index (χ0v) is 16.0. The van der Waals surface area contributed by atoms with Crippen LogP contribution in [0.15, 0.2) is 36.4 Å². The van der Waals surface area contributed by atoms with E-state index in [-0.39, 0.29) is 0 Å². The predicted octanol–water partition coefficient (Wildman–Crippen LogP) is 4.04. The molecule has 1 aliphatic carbocycles. The summed E-state index contributed by atoms with van der Waals surface area (Å²) in [6.07, 6.45) is 8.43. The smallest absolute Gasteiger partial charge is 0.171 e. The third-order valence-corrected chi connectivity index (χ3v) is 7.52. The van der Waals surface area contributed by atoms with Crippen LogP contribution in [0.2, 0.25) is 0 Å². The molecule has 4 heterocycles. The van der Waals surface area contributed by atoms with Gasteiger partial charge in [0.2, 0.25) is 0 Å². The summed E-state index contributed by atoms with van der Waals surface area (Å²) in [6, 6.07) is 9.34. The number of benzene rings is 1. The summed E-state index contributed by atoms with van der Waals surface area (Å²) in [6.45, 7) is 5.96. The van der Waals surface area contributed by atoms with Crippen LogP contribution in [0.1, 0.15) is 37.1 Å². The Balaban J connectivity index is 1.30. The zero-order valence-electron chi connectivity index (χ0n) is 16.0. The van der Waals surface area contributed by atoms with E-state index in [1.165, 1.54) is 42.5 Å². The molecule has 6 rings (SSSR count). The van der Waals surface area contributed by atoms with Crippen LogP contribution in [-0.2, 0) is 15.9 Å². The number of aromatic nitrogens is 1. The van der Waals surface area contributed by atoms with Crippen molar-refractivity contribution in [1.29, 1.82) is 0 Å². The van der Waals surface area contributed by atoms with E-state index in [0.29, 0.717) is 23.8 Å². The molecule has 0 unspecified atom stereocenters. The van der Waals surface area contributed by atoms with Crippen molar-refractivity contribution in [2.75, 3.05) is 26.3 Å². The topological polar surface area (TPSA) is 37.5 Å². The van der Waals surface area contributed by atoms with Crippen molar-refractivity contribution < 1.29 is 9.47 Å². The minimum absolute atomic E-state index is 0.381. The molecule has 27 heavy (non-hydrogen) atoms. The van der Waals surface area contributed by atoms with Crippen molar-refractivity contribution in [3.05, 3.63) is 47.7 Å². The largest absolute Gasteiger partial charge is 0.357 e. The second-order valence-electron chi connectivity index (χ2n) is 8.92.